The van der Waals surface area contributed by atoms with Gasteiger partial charge in [-0.15, -0.1) is 0 Å². The summed E-state index contributed by atoms with van der Waals surface area (Å²) in [5, 5.41) is 7.14. The van der Waals surface area contributed by atoms with Crippen LogP contribution in [-0.4, -0.2) is 20.0 Å². The summed E-state index contributed by atoms with van der Waals surface area (Å²) in [5.41, 5.74) is 0.571. The van der Waals surface area contributed by atoms with E-state index < -0.39 is 0 Å². The highest BCUT2D eigenvalue weighted by Gasteiger charge is 2.22. The van der Waals surface area contributed by atoms with Crippen LogP contribution in [0.15, 0.2) is 11.1 Å². The second kappa shape index (κ2) is 3.96. The van der Waals surface area contributed by atoms with E-state index in [2.05, 4.69) is 10.4 Å². The van der Waals surface area contributed by atoms with Crippen molar-refractivity contribution < 1.29 is 4.79 Å². The van der Waals surface area contributed by atoms with Gasteiger partial charge in [0.15, 0.2) is 0 Å². The van der Waals surface area contributed by atoms with E-state index in [1.165, 1.54) is 11.8 Å². The van der Waals surface area contributed by atoms with Crippen molar-refractivity contribution in [2.24, 2.45) is 7.05 Å². The molecule has 4 nitrogen and oxygen atoms in total. The van der Waals surface area contributed by atoms with E-state index in [9.17, 15) is 4.79 Å². The van der Waals surface area contributed by atoms with Crippen LogP contribution in [-0.2, 0) is 11.8 Å². The number of rotatable bonds is 1. The van der Waals surface area contributed by atoms with Gasteiger partial charge < -0.3 is 5.32 Å². The summed E-state index contributed by atoms with van der Waals surface area (Å²) >= 11 is 12.0. The number of hydrogen-bond donors (Lipinski definition) is 1. The van der Waals surface area contributed by atoms with Gasteiger partial charge in [-0.2, -0.15) is 5.10 Å². The fraction of sp³-hybridized carbons (Fsp3) is 0.125. The van der Waals surface area contributed by atoms with Gasteiger partial charge in [-0.25, -0.2) is 0 Å². The van der Waals surface area contributed by atoms with Crippen molar-refractivity contribution in [3.63, 3.8) is 0 Å². The Bertz CT molecular complexity index is 480. The van der Waals surface area contributed by atoms with Gasteiger partial charge in [-0.05, 0) is 6.08 Å². The number of aromatic nitrogens is 2. The summed E-state index contributed by atoms with van der Waals surface area (Å²) in [6.07, 6.45) is 3.30. The van der Waals surface area contributed by atoms with Crippen LogP contribution in [0.25, 0.3) is 6.08 Å². The molecule has 0 aromatic carbocycles. The van der Waals surface area contributed by atoms with Crippen LogP contribution in [0.4, 0.5) is 0 Å². The van der Waals surface area contributed by atoms with Crippen LogP contribution in [0.3, 0.4) is 0 Å². The Balaban J connectivity index is 2.34. The first-order chi connectivity index (χ1) is 7.06. The minimum atomic E-state index is -0.202. The van der Waals surface area contributed by atoms with E-state index in [-0.39, 0.29) is 5.91 Å². The third-order valence-electron chi connectivity index (χ3n) is 1.72. The number of carbonyl (C=O) groups excluding carboxylic acids is 1. The molecule has 0 unspecified atom stereocenters. The lowest BCUT2D eigenvalue weighted by Crippen LogP contribution is -2.17. The topological polar surface area (TPSA) is 46.9 Å². The predicted molar refractivity (Wildman–Crippen MR) is 64.5 cm³/mol. The van der Waals surface area contributed by atoms with E-state index in [1.807, 2.05) is 0 Å². The highest BCUT2D eigenvalue weighted by molar-refractivity contribution is 8.26. The molecule has 2 heterocycles. The standard InChI is InChI=1S/C8H6ClN3OS2/c1-12-3-4(9)5(11-12)2-6-7(13)10-8(14)15-6/h2-3H,1H3,(H,10,13,14)/b6-2-. The monoisotopic (exact) mass is 259 g/mol. The first-order valence-electron chi connectivity index (χ1n) is 4.00. The molecule has 0 bridgehead atoms. The molecule has 1 saturated heterocycles. The van der Waals surface area contributed by atoms with Crippen molar-refractivity contribution in [2.75, 3.05) is 0 Å². The number of thioether (sulfide) groups is 1. The number of thiocarbonyl (C=S) groups is 1. The molecule has 1 aliphatic rings. The Morgan fingerprint density at radius 3 is 2.93 bits per heavy atom. The molecular formula is C8H6ClN3OS2. The Kier molecular flexibility index (Phi) is 2.81. The van der Waals surface area contributed by atoms with Gasteiger partial charge >= 0.3 is 0 Å². The van der Waals surface area contributed by atoms with Crippen molar-refractivity contribution >= 4 is 51.9 Å². The number of carbonyl (C=O) groups is 1. The van der Waals surface area contributed by atoms with E-state index in [1.54, 1.807) is 24.0 Å². The highest BCUT2D eigenvalue weighted by Crippen LogP contribution is 2.27. The van der Waals surface area contributed by atoms with Gasteiger partial charge in [0.2, 0.25) is 0 Å². The molecule has 0 radical (unpaired) electrons. The van der Waals surface area contributed by atoms with E-state index in [0.29, 0.717) is 19.9 Å². The molecule has 0 saturated carbocycles. The van der Waals surface area contributed by atoms with E-state index in [0.717, 1.165) is 0 Å². The molecule has 0 spiro atoms. The van der Waals surface area contributed by atoms with E-state index in [4.69, 9.17) is 23.8 Å². The Morgan fingerprint density at radius 1 is 1.73 bits per heavy atom. The van der Waals surface area contributed by atoms with Crippen molar-refractivity contribution in [1.29, 1.82) is 0 Å². The number of nitrogens with zero attached hydrogens (tertiary/aromatic N) is 2. The minimum absolute atomic E-state index is 0.202. The Labute approximate surface area is 101 Å². The van der Waals surface area contributed by atoms with Gasteiger partial charge in [0.25, 0.3) is 5.91 Å². The lowest BCUT2D eigenvalue weighted by atomic mass is 10.3. The molecule has 1 aliphatic heterocycles. The average molecular weight is 260 g/mol. The van der Waals surface area contributed by atoms with Crippen molar-refractivity contribution in [1.82, 2.24) is 15.1 Å². The minimum Gasteiger partial charge on any atom is -0.307 e. The fourth-order valence-corrected chi connectivity index (χ4v) is 2.37. The molecule has 1 amide bonds. The smallest absolute Gasteiger partial charge is 0.263 e. The average Bonchev–Trinajstić information content (AvgIpc) is 2.58. The molecular weight excluding hydrogens is 254 g/mol. The largest absolute Gasteiger partial charge is 0.307 e. The second-order valence-corrected chi connectivity index (χ2v) is 5.01. The van der Waals surface area contributed by atoms with Gasteiger partial charge in [0.05, 0.1) is 9.93 Å². The van der Waals surface area contributed by atoms with Crippen LogP contribution >= 0.6 is 35.6 Å². The van der Waals surface area contributed by atoms with Crippen molar-refractivity contribution in [2.45, 2.75) is 0 Å². The maximum absolute atomic E-state index is 11.3. The Morgan fingerprint density at radius 2 is 2.47 bits per heavy atom. The summed E-state index contributed by atoms with van der Waals surface area (Å²) in [6, 6.07) is 0. The lowest BCUT2D eigenvalue weighted by Gasteiger charge is -1.89. The first-order valence-corrected chi connectivity index (χ1v) is 5.60. The third-order valence-corrected chi connectivity index (χ3v) is 3.17. The van der Waals surface area contributed by atoms with Crippen LogP contribution in [0, 0.1) is 0 Å². The van der Waals surface area contributed by atoms with Crippen molar-refractivity contribution in [3.8, 4) is 0 Å². The summed E-state index contributed by atoms with van der Waals surface area (Å²) in [5.74, 6) is -0.202. The number of halogens is 1. The number of nitrogens with one attached hydrogen (secondary N) is 1. The third kappa shape index (κ3) is 2.22. The van der Waals surface area contributed by atoms with E-state index >= 15 is 0 Å². The second-order valence-electron chi connectivity index (χ2n) is 2.89. The van der Waals surface area contributed by atoms with Gasteiger partial charge in [-0.1, -0.05) is 35.6 Å². The lowest BCUT2D eigenvalue weighted by molar-refractivity contribution is -0.115. The molecule has 15 heavy (non-hydrogen) atoms. The molecule has 78 valence electrons. The normalized spacial score (nSPS) is 18.7. The Hall–Kier alpha value is -0.850. The van der Waals surface area contributed by atoms with Crippen molar-refractivity contribution in [3.05, 3.63) is 21.8 Å². The predicted octanol–water partition coefficient (Wildman–Crippen LogP) is 1.56. The van der Waals surface area contributed by atoms with Crippen LogP contribution in [0.5, 0.6) is 0 Å². The zero-order valence-electron chi connectivity index (χ0n) is 7.65. The highest BCUT2D eigenvalue weighted by atomic mass is 35.5. The summed E-state index contributed by atoms with van der Waals surface area (Å²) in [4.78, 5) is 11.9. The zero-order chi connectivity index (χ0) is 11.0. The maximum Gasteiger partial charge on any atom is 0.263 e. The maximum atomic E-state index is 11.3. The summed E-state index contributed by atoms with van der Waals surface area (Å²) < 4.78 is 2.04. The first kappa shape index (κ1) is 10.7. The molecule has 1 aromatic heterocycles. The molecule has 0 atom stereocenters. The van der Waals surface area contributed by atoms with Gasteiger partial charge in [0.1, 0.15) is 10.0 Å². The summed E-state index contributed by atoms with van der Waals surface area (Å²) in [7, 11) is 1.76. The molecule has 0 aliphatic carbocycles. The van der Waals surface area contributed by atoms with Gasteiger partial charge in [0, 0.05) is 13.2 Å². The van der Waals surface area contributed by atoms with Crippen LogP contribution < -0.4 is 5.32 Å². The molecule has 1 N–H and O–H groups in total. The fourth-order valence-electron chi connectivity index (χ4n) is 1.12. The number of hydrogen-bond acceptors (Lipinski definition) is 4. The quantitative estimate of drug-likeness (QED) is 0.614. The van der Waals surface area contributed by atoms with Crippen LogP contribution in [0.1, 0.15) is 5.69 Å². The SMILES string of the molecule is Cn1cc(Cl)c(/C=C2\SC(=S)NC2=O)n1. The van der Waals surface area contributed by atoms with Crippen LogP contribution in [0.2, 0.25) is 5.02 Å². The molecule has 2 rings (SSSR count). The zero-order valence-corrected chi connectivity index (χ0v) is 10.0. The molecule has 1 aromatic rings. The van der Waals surface area contributed by atoms with Gasteiger partial charge in [-0.3, -0.25) is 9.48 Å². The summed E-state index contributed by atoms with van der Waals surface area (Å²) in [6.45, 7) is 0. The molecule has 1 fully saturated rings. The number of amides is 1. The molecule has 7 heteroatoms. The number of aryl methyl sites for hydroxylation is 1.